The monoisotopic (exact) mass is 197 g/mol. The summed E-state index contributed by atoms with van der Waals surface area (Å²) in [5.41, 5.74) is 0.0404. The third-order valence-corrected chi connectivity index (χ3v) is 1.76. The van der Waals surface area contributed by atoms with E-state index in [0.717, 1.165) is 18.4 Å². The molecule has 0 aromatic heterocycles. The highest BCUT2D eigenvalue weighted by molar-refractivity contribution is 5.50. The van der Waals surface area contributed by atoms with Gasteiger partial charge in [-0.25, -0.2) is 0 Å². The molecule has 5 heteroatoms. The number of carbonyl (C=O) groups is 1. The van der Waals surface area contributed by atoms with Crippen LogP contribution in [0.4, 0.5) is 10.1 Å². The van der Waals surface area contributed by atoms with Gasteiger partial charge in [0.1, 0.15) is 6.29 Å². The van der Waals surface area contributed by atoms with Crippen LogP contribution in [0.15, 0.2) is 18.2 Å². The summed E-state index contributed by atoms with van der Waals surface area (Å²) in [5, 5.41) is 10.3. The fourth-order valence-electron chi connectivity index (χ4n) is 1.08. The summed E-state index contributed by atoms with van der Waals surface area (Å²) in [7, 11) is 0. The molecular formula is C9H8FNO3. The second-order valence-corrected chi connectivity index (χ2v) is 2.75. The van der Waals surface area contributed by atoms with Crippen LogP contribution in [0.25, 0.3) is 0 Å². The number of halogens is 1. The van der Waals surface area contributed by atoms with Crippen molar-refractivity contribution in [1.29, 1.82) is 0 Å². The highest BCUT2D eigenvalue weighted by Crippen LogP contribution is 2.18. The van der Waals surface area contributed by atoms with Gasteiger partial charge in [-0.3, -0.25) is 10.1 Å². The summed E-state index contributed by atoms with van der Waals surface area (Å²) in [5.74, 6) is -0.857. The molecule has 0 aliphatic rings. The molecule has 0 unspecified atom stereocenters. The van der Waals surface area contributed by atoms with Gasteiger partial charge in [0.2, 0.25) is 5.82 Å². The molecule has 14 heavy (non-hydrogen) atoms. The second kappa shape index (κ2) is 4.45. The summed E-state index contributed by atoms with van der Waals surface area (Å²) in [4.78, 5) is 19.6. The summed E-state index contributed by atoms with van der Waals surface area (Å²) in [6.45, 7) is 0. The van der Waals surface area contributed by atoms with Gasteiger partial charge in [-0.05, 0) is 18.1 Å². The average molecular weight is 197 g/mol. The Balaban J connectivity index is 2.94. The maximum atomic E-state index is 12.8. The molecule has 0 amide bonds. The van der Waals surface area contributed by atoms with E-state index in [0.29, 0.717) is 12.0 Å². The Hall–Kier alpha value is -1.78. The van der Waals surface area contributed by atoms with E-state index in [9.17, 15) is 19.3 Å². The number of hydrogen-bond acceptors (Lipinski definition) is 3. The molecule has 74 valence electrons. The first-order chi connectivity index (χ1) is 6.65. The first-order valence-corrected chi connectivity index (χ1v) is 4.01. The minimum absolute atomic E-state index is 0.281. The van der Waals surface area contributed by atoms with E-state index >= 15 is 0 Å². The normalized spacial score (nSPS) is 9.79. The van der Waals surface area contributed by atoms with E-state index in [1.807, 2.05) is 0 Å². The summed E-state index contributed by atoms with van der Waals surface area (Å²) >= 11 is 0. The number of aryl methyl sites for hydroxylation is 1. The van der Waals surface area contributed by atoms with Crippen molar-refractivity contribution in [2.45, 2.75) is 12.8 Å². The fraction of sp³-hybridized carbons (Fsp3) is 0.222. The molecule has 0 saturated carbocycles. The molecule has 0 aliphatic heterocycles. The van der Waals surface area contributed by atoms with Crippen molar-refractivity contribution in [2.24, 2.45) is 0 Å². The quantitative estimate of drug-likeness (QED) is 0.420. The molecule has 1 aromatic carbocycles. The Morgan fingerprint density at radius 2 is 2.21 bits per heavy atom. The van der Waals surface area contributed by atoms with Gasteiger partial charge in [0, 0.05) is 12.5 Å². The highest BCUT2D eigenvalue weighted by Gasteiger charge is 2.13. The SMILES string of the molecule is O=CCCc1ccc(F)c([N+](=O)[O-])c1. The zero-order valence-electron chi connectivity index (χ0n) is 7.27. The van der Waals surface area contributed by atoms with E-state index in [2.05, 4.69) is 0 Å². The van der Waals surface area contributed by atoms with Crippen molar-refractivity contribution >= 4 is 12.0 Å². The molecule has 0 N–H and O–H groups in total. The number of rotatable bonds is 4. The molecule has 0 atom stereocenters. The molecule has 4 nitrogen and oxygen atoms in total. The van der Waals surface area contributed by atoms with Gasteiger partial charge in [-0.15, -0.1) is 0 Å². The number of benzene rings is 1. The van der Waals surface area contributed by atoms with E-state index in [-0.39, 0.29) is 6.42 Å². The van der Waals surface area contributed by atoms with Crippen LogP contribution in [-0.4, -0.2) is 11.2 Å². The summed E-state index contributed by atoms with van der Waals surface area (Å²) in [6, 6.07) is 3.63. The molecule has 0 fully saturated rings. The zero-order chi connectivity index (χ0) is 10.6. The van der Waals surface area contributed by atoms with Gasteiger partial charge in [0.15, 0.2) is 0 Å². The molecule has 0 aliphatic carbocycles. The number of nitro groups is 1. The zero-order valence-corrected chi connectivity index (χ0v) is 7.27. The molecule has 0 spiro atoms. The van der Waals surface area contributed by atoms with Crippen molar-refractivity contribution in [3.63, 3.8) is 0 Å². The lowest BCUT2D eigenvalue weighted by Crippen LogP contribution is -1.95. The Labute approximate surface area is 79.5 Å². The van der Waals surface area contributed by atoms with Gasteiger partial charge in [0.05, 0.1) is 4.92 Å². The van der Waals surface area contributed by atoms with Crippen molar-refractivity contribution in [2.75, 3.05) is 0 Å². The largest absolute Gasteiger partial charge is 0.305 e. The number of nitro benzene ring substituents is 1. The molecule has 0 heterocycles. The van der Waals surface area contributed by atoms with Crippen LogP contribution in [0.2, 0.25) is 0 Å². The Bertz CT molecular complexity index is 365. The van der Waals surface area contributed by atoms with Gasteiger partial charge >= 0.3 is 5.69 Å². The lowest BCUT2D eigenvalue weighted by molar-refractivity contribution is -0.387. The minimum atomic E-state index is -0.857. The first-order valence-electron chi connectivity index (χ1n) is 4.01. The number of carbonyl (C=O) groups excluding carboxylic acids is 1. The minimum Gasteiger partial charge on any atom is -0.303 e. The average Bonchev–Trinajstić information content (AvgIpc) is 2.16. The van der Waals surface area contributed by atoms with Crippen LogP contribution in [0, 0.1) is 15.9 Å². The standard InChI is InChI=1S/C9H8FNO3/c10-8-4-3-7(2-1-5-12)6-9(8)11(13)14/h3-6H,1-2H2. The lowest BCUT2D eigenvalue weighted by Gasteiger charge is -1.98. The lowest BCUT2D eigenvalue weighted by atomic mass is 10.1. The molecule has 1 aromatic rings. The van der Waals surface area contributed by atoms with Crippen LogP contribution >= 0.6 is 0 Å². The van der Waals surface area contributed by atoms with Crippen LogP contribution in [0.3, 0.4) is 0 Å². The van der Waals surface area contributed by atoms with Crippen molar-refractivity contribution < 1.29 is 14.1 Å². The van der Waals surface area contributed by atoms with Crippen molar-refractivity contribution in [3.05, 3.63) is 39.7 Å². The first kappa shape index (κ1) is 10.3. The van der Waals surface area contributed by atoms with E-state index in [1.54, 1.807) is 0 Å². The third kappa shape index (κ3) is 2.35. The van der Waals surface area contributed by atoms with Gasteiger partial charge in [-0.2, -0.15) is 4.39 Å². The van der Waals surface area contributed by atoms with Crippen molar-refractivity contribution in [1.82, 2.24) is 0 Å². The van der Waals surface area contributed by atoms with Gasteiger partial charge in [-0.1, -0.05) is 6.07 Å². The third-order valence-electron chi connectivity index (χ3n) is 1.76. The molecular weight excluding hydrogens is 189 g/mol. The van der Waals surface area contributed by atoms with Gasteiger partial charge in [0.25, 0.3) is 0 Å². The number of nitrogens with zero attached hydrogens (tertiary/aromatic N) is 1. The van der Waals surface area contributed by atoms with E-state index in [1.165, 1.54) is 6.07 Å². The van der Waals surface area contributed by atoms with Crippen molar-refractivity contribution in [3.8, 4) is 0 Å². The molecule has 0 radical (unpaired) electrons. The van der Waals surface area contributed by atoms with Gasteiger partial charge < -0.3 is 4.79 Å². The van der Waals surface area contributed by atoms with E-state index < -0.39 is 16.4 Å². The van der Waals surface area contributed by atoms with Crippen LogP contribution in [0.1, 0.15) is 12.0 Å². The van der Waals surface area contributed by atoms with Crippen LogP contribution < -0.4 is 0 Å². The summed E-state index contributed by atoms with van der Waals surface area (Å²) < 4.78 is 12.8. The van der Waals surface area contributed by atoms with Crippen LogP contribution in [0.5, 0.6) is 0 Å². The Morgan fingerprint density at radius 3 is 2.79 bits per heavy atom. The predicted molar refractivity (Wildman–Crippen MR) is 47.4 cm³/mol. The Kier molecular flexibility index (Phi) is 3.28. The highest BCUT2D eigenvalue weighted by atomic mass is 19.1. The predicted octanol–water partition coefficient (Wildman–Crippen LogP) is 1.87. The molecule has 0 bridgehead atoms. The topological polar surface area (TPSA) is 60.2 Å². The van der Waals surface area contributed by atoms with E-state index in [4.69, 9.17) is 0 Å². The van der Waals surface area contributed by atoms with Crippen LogP contribution in [-0.2, 0) is 11.2 Å². The Morgan fingerprint density at radius 1 is 1.50 bits per heavy atom. The maximum Gasteiger partial charge on any atom is 0.305 e. The fourth-order valence-corrected chi connectivity index (χ4v) is 1.08. The molecule has 0 saturated heterocycles. The summed E-state index contributed by atoms with van der Waals surface area (Å²) in [6.07, 6.45) is 1.39. The maximum absolute atomic E-state index is 12.8. The number of aldehydes is 1. The second-order valence-electron chi connectivity index (χ2n) is 2.75. The molecule has 1 rings (SSSR count). The smallest absolute Gasteiger partial charge is 0.303 e. The number of hydrogen-bond donors (Lipinski definition) is 0.